The van der Waals surface area contributed by atoms with Gasteiger partial charge < -0.3 is 15.5 Å². The Labute approximate surface area is 143 Å². The number of imide groups is 1. The van der Waals surface area contributed by atoms with Gasteiger partial charge in [-0.3, -0.25) is 19.8 Å². The molecule has 0 bridgehead atoms. The SMILES string of the molecule is CN(CC(=O)NC(=O)NC1CCCCC1)CC(=O)N1CCNCC1. The molecule has 2 fully saturated rings. The number of hydrogen-bond acceptors (Lipinski definition) is 5. The van der Waals surface area contributed by atoms with Gasteiger partial charge in [0, 0.05) is 32.2 Å². The molecule has 2 aliphatic rings. The second kappa shape index (κ2) is 9.58. The zero-order chi connectivity index (χ0) is 17.4. The third-order valence-electron chi connectivity index (χ3n) is 4.48. The summed E-state index contributed by atoms with van der Waals surface area (Å²) in [5.41, 5.74) is 0. The minimum absolute atomic E-state index is 0.0125. The van der Waals surface area contributed by atoms with Crippen LogP contribution < -0.4 is 16.0 Å². The van der Waals surface area contributed by atoms with Gasteiger partial charge >= 0.3 is 6.03 Å². The van der Waals surface area contributed by atoms with Crippen LogP contribution in [-0.2, 0) is 9.59 Å². The van der Waals surface area contributed by atoms with Crippen LogP contribution in [-0.4, -0.2) is 80.0 Å². The maximum absolute atomic E-state index is 12.1. The number of carbonyl (C=O) groups is 3. The summed E-state index contributed by atoms with van der Waals surface area (Å²) in [6.07, 6.45) is 5.40. The minimum Gasteiger partial charge on any atom is -0.339 e. The Kier molecular flexibility index (Phi) is 7.45. The molecule has 1 aliphatic carbocycles. The molecule has 0 unspecified atom stereocenters. The van der Waals surface area contributed by atoms with Crippen molar-refractivity contribution in [3.8, 4) is 0 Å². The van der Waals surface area contributed by atoms with Crippen molar-refractivity contribution in [3.05, 3.63) is 0 Å². The summed E-state index contributed by atoms with van der Waals surface area (Å²) in [6, 6.07) is -0.271. The lowest BCUT2D eigenvalue weighted by atomic mass is 9.96. The fraction of sp³-hybridized carbons (Fsp3) is 0.812. The molecule has 0 spiro atoms. The van der Waals surface area contributed by atoms with E-state index in [1.54, 1.807) is 16.8 Å². The molecule has 0 aromatic heterocycles. The van der Waals surface area contributed by atoms with Gasteiger partial charge in [-0.25, -0.2) is 4.79 Å². The average Bonchev–Trinajstić information content (AvgIpc) is 2.56. The molecule has 0 radical (unpaired) electrons. The Morgan fingerprint density at radius 1 is 1.08 bits per heavy atom. The average molecular weight is 339 g/mol. The van der Waals surface area contributed by atoms with Crippen LogP contribution >= 0.6 is 0 Å². The van der Waals surface area contributed by atoms with Crippen molar-refractivity contribution in [2.75, 3.05) is 46.3 Å². The Bertz CT molecular complexity index is 445. The van der Waals surface area contributed by atoms with E-state index < -0.39 is 6.03 Å². The second-order valence-corrected chi connectivity index (χ2v) is 6.66. The molecule has 1 aliphatic heterocycles. The Hall–Kier alpha value is -1.67. The van der Waals surface area contributed by atoms with Crippen LogP contribution in [0.15, 0.2) is 0 Å². The molecule has 3 N–H and O–H groups in total. The van der Waals surface area contributed by atoms with Crippen molar-refractivity contribution in [1.29, 1.82) is 0 Å². The van der Waals surface area contributed by atoms with E-state index in [0.717, 1.165) is 38.8 Å². The van der Waals surface area contributed by atoms with Crippen LogP contribution in [0, 0.1) is 0 Å². The lowest BCUT2D eigenvalue weighted by Crippen LogP contribution is -2.51. The molecule has 4 amide bonds. The van der Waals surface area contributed by atoms with Crippen molar-refractivity contribution in [2.24, 2.45) is 0 Å². The number of likely N-dealkylation sites (N-methyl/N-ethyl adjacent to an activating group) is 1. The van der Waals surface area contributed by atoms with Gasteiger partial charge in [-0.1, -0.05) is 19.3 Å². The number of rotatable bonds is 5. The lowest BCUT2D eigenvalue weighted by Gasteiger charge is -2.29. The molecule has 8 nitrogen and oxygen atoms in total. The van der Waals surface area contributed by atoms with E-state index in [9.17, 15) is 14.4 Å². The Morgan fingerprint density at radius 3 is 2.42 bits per heavy atom. The van der Waals surface area contributed by atoms with Crippen LogP contribution in [0.1, 0.15) is 32.1 Å². The maximum atomic E-state index is 12.1. The first kappa shape index (κ1) is 18.7. The molecule has 0 aromatic rings. The van der Waals surface area contributed by atoms with E-state index in [-0.39, 0.29) is 30.9 Å². The molecule has 1 heterocycles. The number of nitrogens with zero attached hydrogens (tertiary/aromatic N) is 2. The molecule has 1 saturated carbocycles. The summed E-state index contributed by atoms with van der Waals surface area (Å²) in [7, 11) is 1.71. The monoisotopic (exact) mass is 339 g/mol. The first-order chi connectivity index (χ1) is 11.5. The Morgan fingerprint density at radius 2 is 1.75 bits per heavy atom. The third-order valence-corrected chi connectivity index (χ3v) is 4.48. The van der Waals surface area contributed by atoms with Crippen LogP contribution in [0.3, 0.4) is 0 Å². The summed E-state index contributed by atoms with van der Waals surface area (Å²) < 4.78 is 0. The van der Waals surface area contributed by atoms with Gasteiger partial charge in [-0.2, -0.15) is 0 Å². The van der Waals surface area contributed by atoms with E-state index in [4.69, 9.17) is 0 Å². The highest BCUT2D eigenvalue weighted by Gasteiger charge is 2.20. The zero-order valence-electron chi connectivity index (χ0n) is 14.5. The molecule has 2 rings (SSSR count). The van der Waals surface area contributed by atoms with Crippen molar-refractivity contribution >= 4 is 17.8 Å². The fourth-order valence-electron chi connectivity index (χ4n) is 3.18. The molecular formula is C16H29N5O3. The third kappa shape index (κ3) is 6.45. The van der Waals surface area contributed by atoms with Crippen LogP contribution in [0.25, 0.3) is 0 Å². The fourth-order valence-corrected chi connectivity index (χ4v) is 3.18. The summed E-state index contributed by atoms with van der Waals surface area (Å²) in [4.78, 5) is 39.3. The van der Waals surface area contributed by atoms with Crippen LogP contribution in [0.4, 0.5) is 4.79 Å². The number of urea groups is 1. The molecule has 8 heteroatoms. The highest BCUT2D eigenvalue weighted by atomic mass is 16.2. The zero-order valence-corrected chi connectivity index (χ0v) is 14.5. The van der Waals surface area contributed by atoms with E-state index in [1.807, 2.05) is 0 Å². The molecule has 24 heavy (non-hydrogen) atoms. The van der Waals surface area contributed by atoms with Gasteiger partial charge in [0.15, 0.2) is 0 Å². The van der Waals surface area contributed by atoms with Crippen molar-refractivity contribution in [2.45, 2.75) is 38.1 Å². The van der Waals surface area contributed by atoms with Gasteiger partial charge in [0.2, 0.25) is 11.8 Å². The van der Waals surface area contributed by atoms with Crippen molar-refractivity contribution in [1.82, 2.24) is 25.8 Å². The second-order valence-electron chi connectivity index (χ2n) is 6.66. The summed E-state index contributed by atoms with van der Waals surface area (Å²) in [5.74, 6) is -0.377. The lowest BCUT2D eigenvalue weighted by molar-refractivity contribution is -0.133. The van der Waals surface area contributed by atoms with Gasteiger partial charge in [0.05, 0.1) is 13.1 Å². The normalized spacial score (nSPS) is 19.2. The molecule has 0 aromatic carbocycles. The maximum Gasteiger partial charge on any atom is 0.321 e. The van der Waals surface area contributed by atoms with Gasteiger partial charge in [0.1, 0.15) is 0 Å². The smallest absolute Gasteiger partial charge is 0.321 e. The van der Waals surface area contributed by atoms with Crippen molar-refractivity contribution in [3.63, 3.8) is 0 Å². The van der Waals surface area contributed by atoms with Crippen LogP contribution in [0.2, 0.25) is 0 Å². The Balaban J connectivity index is 1.64. The first-order valence-electron chi connectivity index (χ1n) is 8.82. The number of hydrogen-bond donors (Lipinski definition) is 3. The standard InChI is InChI=1S/C16H29N5O3/c1-20(12-15(23)21-9-7-17-8-10-21)11-14(22)19-16(24)18-13-5-3-2-4-6-13/h13,17H,2-12H2,1H3,(H2,18,19,22,24). The largest absolute Gasteiger partial charge is 0.339 e. The van der Waals surface area contributed by atoms with E-state index >= 15 is 0 Å². The number of carbonyl (C=O) groups excluding carboxylic acids is 3. The van der Waals surface area contributed by atoms with Gasteiger partial charge in [-0.05, 0) is 19.9 Å². The van der Waals surface area contributed by atoms with Crippen LogP contribution in [0.5, 0.6) is 0 Å². The van der Waals surface area contributed by atoms with E-state index in [0.29, 0.717) is 13.1 Å². The van der Waals surface area contributed by atoms with E-state index in [1.165, 1.54) is 6.42 Å². The summed E-state index contributed by atoms with van der Waals surface area (Å²) in [6.45, 7) is 3.20. The molecule has 1 saturated heterocycles. The topological polar surface area (TPSA) is 93.8 Å². The summed E-state index contributed by atoms with van der Waals surface area (Å²) in [5, 5.41) is 8.38. The highest BCUT2D eigenvalue weighted by Crippen LogP contribution is 2.17. The predicted molar refractivity (Wildman–Crippen MR) is 90.5 cm³/mol. The molecule has 136 valence electrons. The van der Waals surface area contributed by atoms with Gasteiger partial charge in [0.25, 0.3) is 0 Å². The quantitative estimate of drug-likeness (QED) is 0.628. The summed E-state index contributed by atoms with van der Waals surface area (Å²) >= 11 is 0. The highest BCUT2D eigenvalue weighted by molar-refractivity contribution is 5.95. The van der Waals surface area contributed by atoms with E-state index in [2.05, 4.69) is 16.0 Å². The number of amides is 4. The molecule has 0 atom stereocenters. The first-order valence-corrected chi connectivity index (χ1v) is 8.82. The minimum atomic E-state index is -0.436. The molecular weight excluding hydrogens is 310 g/mol. The predicted octanol–water partition coefficient (Wildman–Crippen LogP) is -0.491. The van der Waals surface area contributed by atoms with Gasteiger partial charge in [-0.15, -0.1) is 0 Å². The number of piperazine rings is 1. The van der Waals surface area contributed by atoms with Crippen molar-refractivity contribution < 1.29 is 14.4 Å². The number of nitrogens with one attached hydrogen (secondary N) is 3.